The SMILES string of the molecule is O=C(CSc1nc2ccccc2s1)NCCCN1CCCCC1. The first kappa shape index (κ1) is 16.7. The second-order valence-corrected chi connectivity index (χ2v) is 8.10. The van der Waals surface area contributed by atoms with E-state index in [0.717, 1.165) is 29.4 Å². The quantitative estimate of drug-likeness (QED) is 0.615. The van der Waals surface area contributed by atoms with E-state index < -0.39 is 0 Å². The van der Waals surface area contributed by atoms with E-state index in [4.69, 9.17) is 0 Å². The zero-order valence-corrected chi connectivity index (χ0v) is 14.9. The highest BCUT2D eigenvalue weighted by Crippen LogP contribution is 2.28. The van der Waals surface area contributed by atoms with Crippen LogP contribution in [-0.2, 0) is 4.79 Å². The van der Waals surface area contributed by atoms with Crippen molar-refractivity contribution in [3.63, 3.8) is 0 Å². The molecular weight excluding hydrogens is 326 g/mol. The van der Waals surface area contributed by atoms with Gasteiger partial charge < -0.3 is 10.2 Å². The van der Waals surface area contributed by atoms with E-state index in [9.17, 15) is 4.79 Å². The summed E-state index contributed by atoms with van der Waals surface area (Å²) in [7, 11) is 0. The number of carbonyl (C=O) groups is 1. The predicted molar refractivity (Wildman–Crippen MR) is 98.3 cm³/mol. The number of benzene rings is 1. The zero-order valence-electron chi connectivity index (χ0n) is 13.3. The number of aromatic nitrogens is 1. The van der Waals surface area contributed by atoms with Gasteiger partial charge in [-0.05, 0) is 51.0 Å². The molecule has 23 heavy (non-hydrogen) atoms. The number of nitrogens with zero attached hydrogens (tertiary/aromatic N) is 2. The summed E-state index contributed by atoms with van der Waals surface area (Å²) >= 11 is 3.18. The number of thiazole rings is 1. The zero-order chi connectivity index (χ0) is 15.9. The fourth-order valence-electron chi connectivity index (χ4n) is 2.80. The number of rotatable bonds is 7. The molecule has 1 aromatic carbocycles. The van der Waals surface area contributed by atoms with Crippen LogP contribution in [0.15, 0.2) is 28.6 Å². The maximum Gasteiger partial charge on any atom is 0.230 e. The van der Waals surface area contributed by atoms with Crippen molar-refractivity contribution in [1.82, 2.24) is 15.2 Å². The molecule has 1 N–H and O–H groups in total. The summed E-state index contributed by atoms with van der Waals surface area (Å²) < 4.78 is 2.15. The summed E-state index contributed by atoms with van der Waals surface area (Å²) in [4.78, 5) is 19.0. The predicted octanol–water partition coefficient (Wildman–Crippen LogP) is 3.38. The van der Waals surface area contributed by atoms with Crippen molar-refractivity contribution < 1.29 is 4.79 Å². The average Bonchev–Trinajstić information content (AvgIpc) is 3.01. The molecule has 0 spiro atoms. The lowest BCUT2D eigenvalue weighted by Gasteiger charge is -2.26. The van der Waals surface area contributed by atoms with Crippen molar-refractivity contribution in [2.75, 3.05) is 31.9 Å². The van der Waals surface area contributed by atoms with Gasteiger partial charge in [0, 0.05) is 6.54 Å². The number of fused-ring (bicyclic) bond motifs is 1. The molecule has 6 heteroatoms. The Morgan fingerprint density at radius 2 is 2.09 bits per heavy atom. The number of hydrogen-bond donors (Lipinski definition) is 1. The monoisotopic (exact) mass is 349 g/mol. The van der Waals surface area contributed by atoms with E-state index in [0.29, 0.717) is 5.75 Å². The molecule has 1 aromatic heterocycles. The van der Waals surface area contributed by atoms with Gasteiger partial charge in [-0.2, -0.15) is 0 Å². The van der Waals surface area contributed by atoms with Crippen LogP contribution < -0.4 is 5.32 Å². The van der Waals surface area contributed by atoms with Gasteiger partial charge in [-0.1, -0.05) is 30.3 Å². The molecule has 4 nitrogen and oxygen atoms in total. The van der Waals surface area contributed by atoms with E-state index in [1.165, 1.54) is 48.8 Å². The smallest absolute Gasteiger partial charge is 0.230 e. The second-order valence-electron chi connectivity index (χ2n) is 5.84. The number of thioether (sulfide) groups is 1. The first-order valence-corrected chi connectivity index (χ1v) is 10.1. The highest BCUT2D eigenvalue weighted by Gasteiger charge is 2.10. The van der Waals surface area contributed by atoms with E-state index >= 15 is 0 Å². The molecule has 124 valence electrons. The third-order valence-electron chi connectivity index (χ3n) is 4.02. The lowest BCUT2D eigenvalue weighted by molar-refractivity contribution is -0.118. The molecule has 0 atom stereocenters. The normalized spacial score (nSPS) is 15.8. The van der Waals surface area contributed by atoms with Crippen molar-refractivity contribution >= 4 is 39.2 Å². The number of para-hydroxylation sites is 1. The molecule has 3 rings (SSSR count). The van der Waals surface area contributed by atoms with Gasteiger partial charge in [0.25, 0.3) is 0 Å². The van der Waals surface area contributed by atoms with Gasteiger partial charge in [-0.3, -0.25) is 4.79 Å². The molecule has 2 aromatic rings. The van der Waals surface area contributed by atoms with Gasteiger partial charge in [-0.25, -0.2) is 4.98 Å². The minimum absolute atomic E-state index is 0.105. The molecule has 0 unspecified atom stereocenters. The Hall–Kier alpha value is -1.11. The first-order chi connectivity index (χ1) is 11.3. The lowest BCUT2D eigenvalue weighted by atomic mass is 10.1. The Morgan fingerprint density at radius 1 is 1.26 bits per heavy atom. The number of hydrogen-bond acceptors (Lipinski definition) is 5. The van der Waals surface area contributed by atoms with Gasteiger partial charge in [0.1, 0.15) is 0 Å². The van der Waals surface area contributed by atoms with Crippen LogP contribution in [0.25, 0.3) is 10.2 Å². The van der Waals surface area contributed by atoms with Crippen LogP contribution in [0, 0.1) is 0 Å². The van der Waals surface area contributed by atoms with E-state index in [-0.39, 0.29) is 5.91 Å². The molecular formula is C17H23N3OS2. The third-order valence-corrected chi connectivity index (χ3v) is 6.20. The molecule has 1 saturated heterocycles. The number of likely N-dealkylation sites (tertiary alicyclic amines) is 1. The second kappa shape index (κ2) is 8.66. The van der Waals surface area contributed by atoms with Crippen LogP contribution in [0.3, 0.4) is 0 Å². The minimum atomic E-state index is 0.105. The van der Waals surface area contributed by atoms with Crippen molar-refractivity contribution in [3.8, 4) is 0 Å². The van der Waals surface area contributed by atoms with Gasteiger partial charge in [0.15, 0.2) is 4.34 Å². The average molecular weight is 350 g/mol. The summed E-state index contributed by atoms with van der Waals surface area (Å²) in [5.74, 6) is 0.552. The number of nitrogens with one attached hydrogen (secondary N) is 1. The summed E-state index contributed by atoms with van der Waals surface area (Å²) in [5.41, 5.74) is 1.02. The Morgan fingerprint density at radius 3 is 2.91 bits per heavy atom. The minimum Gasteiger partial charge on any atom is -0.355 e. The van der Waals surface area contributed by atoms with E-state index in [1.54, 1.807) is 11.3 Å². The Labute approximate surface area is 145 Å². The topological polar surface area (TPSA) is 45.2 Å². The molecule has 2 heterocycles. The summed E-state index contributed by atoms with van der Waals surface area (Å²) in [5, 5.41) is 3.02. The summed E-state index contributed by atoms with van der Waals surface area (Å²) in [6.07, 6.45) is 5.06. The van der Waals surface area contributed by atoms with Crippen LogP contribution in [0.4, 0.5) is 0 Å². The van der Waals surface area contributed by atoms with Crippen LogP contribution in [0.1, 0.15) is 25.7 Å². The van der Waals surface area contributed by atoms with Gasteiger partial charge in [-0.15, -0.1) is 11.3 Å². The number of piperidine rings is 1. The van der Waals surface area contributed by atoms with Crippen molar-refractivity contribution in [3.05, 3.63) is 24.3 Å². The maximum absolute atomic E-state index is 11.9. The van der Waals surface area contributed by atoms with E-state index in [2.05, 4.69) is 21.3 Å². The number of amides is 1. The molecule has 1 aliphatic rings. The molecule has 1 amide bonds. The first-order valence-electron chi connectivity index (χ1n) is 8.29. The third kappa shape index (κ3) is 5.19. The van der Waals surface area contributed by atoms with Crippen LogP contribution >= 0.6 is 23.1 Å². The fourth-order valence-corrected chi connectivity index (χ4v) is 4.70. The molecule has 0 aliphatic carbocycles. The van der Waals surface area contributed by atoms with Crippen LogP contribution in [0.2, 0.25) is 0 Å². The van der Waals surface area contributed by atoms with Crippen molar-refractivity contribution in [1.29, 1.82) is 0 Å². The van der Waals surface area contributed by atoms with Gasteiger partial charge in [0.2, 0.25) is 5.91 Å². The Balaban J connectivity index is 1.33. The summed E-state index contributed by atoms with van der Waals surface area (Å²) in [6, 6.07) is 8.09. The summed E-state index contributed by atoms with van der Waals surface area (Å²) in [6.45, 7) is 4.32. The molecule has 0 saturated carbocycles. The van der Waals surface area contributed by atoms with Crippen LogP contribution in [0.5, 0.6) is 0 Å². The maximum atomic E-state index is 11.9. The van der Waals surface area contributed by atoms with Crippen LogP contribution in [-0.4, -0.2) is 47.7 Å². The van der Waals surface area contributed by atoms with Gasteiger partial charge in [0.05, 0.1) is 16.0 Å². The molecule has 1 fully saturated rings. The fraction of sp³-hybridized carbons (Fsp3) is 0.529. The highest BCUT2D eigenvalue weighted by molar-refractivity contribution is 8.01. The highest BCUT2D eigenvalue weighted by atomic mass is 32.2. The molecule has 0 bridgehead atoms. The standard InChI is InChI=1S/C17H23N3OS2/c21-16(18-9-6-12-20-10-4-1-5-11-20)13-22-17-19-14-7-2-3-8-15(14)23-17/h2-3,7-8H,1,4-6,9-13H2,(H,18,21). The van der Waals surface area contributed by atoms with Gasteiger partial charge >= 0.3 is 0 Å². The lowest BCUT2D eigenvalue weighted by Crippen LogP contribution is -2.33. The Kier molecular flexibility index (Phi) is 6.30. The largest absolute Gasteiger partial charge is 0.355 e. The van der Waals surface area contributed by atoms with E-state index in [1.807, 2.05) is 18.2 Å². The molecule has 0 radical (unpaired) electrons. The van der Waals surface area contributed by atoms with Crippen molar-refractivity contribution in [2.45, 2.75) is 30.0 Å². The Bertz CT molecular complexity index is 605. The molecule has 1 aliphatic heterocycles. The van der Waals surface area contributed by atoms with Crippen molar-refractivity contribution in [2.24, 2.45) is 0 Å². The number of carbonyl (C=O) groups excluding carboxylic acids is 1.